The van der Waals surface area contributed by atoms with E-state index in [0.717, 1.165) is 32.7 Å². The molecule has 1 aliphatic heterocycles. The zero-order valence-corrected chi connectivity index (χ0v) is 14.9. The molecule has 1 amide bonds. The van der Waals surface area contributed by atoms with Gasteiger partial charge in [-0.15, -0.1) is 0 Å². The summed E-state index contributed by atoms with van der Waals surface area (Å²) >= 11 is 0. The number of likely N-dealkylation sites (N-methyl/N-ethyl adjacent to an activating group) is 1. The molecule has 0 aromatic heterocycles. The van der Waals surface area contributed by atoms with Crippen LogP contribution in [0, 0.1) is 5.82 Å². The predicted molar refractivity (Wildman–Crippen MR) is 92.3 cm³/mol. The summed E-state index contributed by atoms with van der Waals surface area (Å²) in [4.78, 5) is 18.9. The van der Waals surface area contributed by atoms with Gasteiger partial charge in [-0.05, 0) is 26.6 Å². The molecule has 0 N–H and O–H groups in total. The smallest absolute Gasteiger partial charge is 0.244 e. The van der Waals surface area contributed by atoms with Crippen LogP contribution in [0.3, 0.4) is 0 Å². The maximum atomic E-state index is 14.1. The molecule has 1 heterocycles. The first-order chi connectivity index (χ1) is 11.5. The van der Waals surface area contributed by atoms with E-state index in [4.69, 9.17) is 4.74 Å². The van der Waals surface area contributed by atoms with Crippen LogP contribution in [-0.4, -0.2) is 81.1 Å². The van der Waals surface area contributed by atoms with Crippen molar-refractivity contribution >= 4 is 5.91 Å². The molecule has 0 bridgehead atoms. The predicted octanol–water partition coefficient (Wildman–Crippen LogP) is 1.61. The lowest BCUT2D eigenvalue weighted by Gasteiger charge is -2.37. The highest BCUT2D eigenvalue weighted by Gasteiger charge is 2.31. The Bertz CT molecular complexity index is 531. The van der Waals surface area contributed by atoms with Crippen LogP contribution in [0.25, 0.3) is 0 Å². The van der Waals surface area contributed by atoms with Gasteiger partial charge in [-0.1, -0.05) is 18.2 Å². The van der Waals surface area contributed by atoms with Crippen molar-refractivity contribution in [3.05, 3.63) is 35.6 Å². The Morgan fingerprint density at radius 2 is 1.92 bits per heavy atom. The number of benzene rings is 1. The lowest BCUT2D eigenvalue weighted by molar-refractivity contribution is -0.138. The highest BCUT2D eigenvalue weighted by atomic mass is 19.1. The van der Waals surface area contributed by atoms with Gasteiger partial charge in [0.1, 0.15) is 11.9 Å². The zero-order valence-electron chi connectivity index (χ0n) is 14.9. The van der Waals surface area contributed by atoms with Gasteiger partial charge in [0.2, 0.25) is 5.91 Å². The van der Waals surface area contributed by atoms with E-state index in [-0.39, 0.29) is 11.7 Å². The number of halogens is 1. The molecule has 0 saturated carbocycles. The van der Waals surface area contributed by atoms with Gasteiger partial charge in [0.15, 0.2) is 0 Å². The van der Waals surface area contributed by atoms with E-state index in [2.05, 4.69) is 4.90 Å². The highest BCUT2D eigenvalue weighted by molar-refractivity contribution is 5.83. The van der Waals surface area contributed by atoms with Gasteiger partial charge in [-0.3, -0.25) is 14.6 Å². The van der Waals surface area contributed by atoms with Crippen molar-refractivity contribution in [2.45, 2.75) is 12.5 Å². The molecule has 1 aliphatic rings. The van der Waals surface area contributed by atoms with Crippen molar-refractivity contribution < 1.29 is 13.9 Å². The monoisotopic (exact) mass is 337 g/mol. The summed E-state index contributed by atoms with van der Waals surface area (Å²) in [5.41, 5.74) is 0.440. The summed E-state index contributed by atoms with van der Waals surface area (Å²) in [6.07, 6.45) is 1.000. The van der Waals surface area contributed by atoms with Crippen LogP contribution >= 0.6 is 0 Å². The third-order valence-corrected chi connectivity index (χ3v) is 4.46. The number of ether oxygens (including phenoxy) is 1. The molecule has 0 unspecified atom stereocenters. The van der Waals surface area contributed by atoms with E-state index in [1.165, 1.54) is 6.07 Å². The molecule has 5 nitrogen and oxygen atoms in total. The summed E-state index contributed by atoms with van der Waals surface area (Å²) in [5.74, 6) is -0.357. The van der Waals surface area contributed by atoms with E-state index in [0.29, 0.717) is 18.7 Å². The van der Waals surface area contributed by atoms with Gasteiger partial charge < -0.3 is 9.64 Å². The van der Waals surface area contributed by atoms with Gasteiger partial charge in [-0.25, -0.2) is 4.39 Å². The zero-order chi connectivity index (χ0) is 17.5. The van der Waals surface area contributed by atoms with Crippen LogP contribution in [-0.2, 0) is 9.53 Å². The normalized spacial score (nSPS) is 17.3. The minimum Gasteiger partial charge on any atom is -0.385 e. The number of carbonyl (C=O) groups is 1. The standard InChI is InChI=1S/C18H28FN3O2/c1-20(2)17(15-7-4-5-8-16(15)19)18(23)22-12-10-21(11-13-22)9-6-14-24-3/h4-5,7-8,17H,6,9-14H2,1-3H3/t17-/m0/s1. The summed E-state index contributed by atoms with van der Waals surface area (Å²) in [7, 11) is 5.34. The highest BCUT2D eigenvalue weighted by Crippen LogP contribution is 2.24. The van der Waals surface area contributed by atoms with Crippen LogP contribution in [0.1, 0.15) is 18.0 Å². The van der Waals surface area contributed by atoms with Crippen molar-refractivity contribution in [1.29, 1.82) is 0 Å². The van der Waals surface area contributed by atoms with Crippen LogP contribution in [0.2, 0.25) is 0 Å². The van der Waals surface area contributed by atoms with E-state index >= 15 is 0 Å². The number of rotatable bonds is 7. The number of amides is 1. The van der Waals surface area contributed by atoms with Gasteiger partial charge >= 0.3 is 0 Å². The Kier molecular flexibility index (Phi) is 7.15. The molecule has 1 atom stereocenters. The van der Waals surface area contributed by atoms with Gasteiger partial charge in [-0.2, -0.15) is 0 Å². The molecule has 0 spiro atoms. The van der Waals surface area contributed by atoms with Crippen LogP contribution in [0.15, 0.2) is 24.3 Å². The number of hydrogen-bond acceptors (Lipinski definition) is 4. The average Bonchev–Trinajstić information content (AvgIpc) is 2.57. The second-order valence-electron chi connectivity index (χ2n) is 6.40. The lowest BCUT2D eigenvalue weighted by Crippen LogP contribution is -2.51. The number of carbonyl (C=O) groups excluding carboxylic acids is 1. The first-order valence-corrected chi connectivity index (χ1v) is 8.45. The minimum absolute atomic E-state index is 0.0263. The molecule has 1 fully saturated rings. The molecule has 1 saturated heterocycles. The summed E-state index contributed by atoms with van der Waals surface area (Å²) in [6.45, 7) is 4.82. The number of piperazine rings is 1. The van der Waals surface area contributed by atoms with Crippen LogP contribution in [0.4, 0.5) is 4.39 Å². The fourth-order valence-electron chi connectivity index (χ4n) is 3.13. The Morgan fingerprint density at radius 1 is 1.25 bits per heavy atom. The quantitative estimate of drug-likeness (QED) is 0.708. The Morgan fingerprint density at radius 3 is 2.50 bits per heavy atom. The Balaban J connectivity index is 1.98. The summed E-state index contributed by atoms with van der Waals surface area (Å²) in [5, 5.41) is 0. The van der Waals surface area contributed by atoms with Crippen molar-refractivity contribution in [3.63, 3.8) is 0 Å². The van der Waals surface area contributed by atoms with Gasteiger partial charge in [0, 0.05) is 52.0 Å². The average molecular weight is 337 g/mol. The minimum atomic E-state index is -0.578. The van der Waals surface area contributed by atoms with E-state index in [9.17, 15) is 9.18 Å². The SMILES string of the molecule is COCCCN1CCN(C(=O)[C@H](c2ccccc2F)N(C)C)CC1. The Labute approximate surface area is 144 Å². The first kappa shape index (κ1) is 18.8. The molecule has 1 aromatic rings. The lowest BCUT2D eigenvalue weighted by atomic mass is 10.0. The van der Waals surface area contributed by atoms with E-state index in [1.807, 2.05) is 19.0 Å². The van der Waals surface area contributed by atoms with Gasteiger partial charge in [0.05, 0.1) is 0 Å². The second kappa shape index (κ2) is 9.11. The molecule has 0 aliphatic carbocycles. The third kappa shape index (κ3) is 4.75. The molecule has 134 valence electrons. The maximum absolute atomic E-state index is 14.1. The number of methoxy groups -OCH3 is 1. The maximum Gasteiger partial charge on any atom is 0.244 e. The van der Waals surface area contributed by atoms with Crippen molar-refractivity contribution in [3.8, 4) is 0 Å². The number of nitrogens with zero attached hydrogens (tertiary/aromatic N) is 3. The molecule has 6 heteroatoms. The summed E-state index contributed by atoms with van der Waals surface area (Å²) in [6, 6.07) is 5.95. The molecule has 1 aromatic carbocycles. The molecule has 0 radical (unpaired) electrons. The van der Waals surface area contributed by atoms with E-state index in [1.54, 1.807) is 30.2 Å². The molecule has 2 rings (SSSR count). The van der Waals surface area contributed by atoms with Crippen LogP contribution in [0.5, 0.6) is 0 Å². The van der Waals surface area contributed by atoms with E-state index < -0.39 is 6.04 Å². The van der Waals surface area contributed by atoms with Crippen LogP contribution < -0.4 is 0 Å². The van der Waals surface area contributed by atoms with Crippen molar-refractivity contribution in [1.82, 2.24) is 14.7 Å². The second-order valence-corrected chi connectivity index (χ2v) is 6.40. The molecular weight excluding hydrogens is 309 g/mol. The fraction of sp³-hybridized carbons (Fsp3) is 0.611. The largest absolute Gasteiger partial charge is 0.385 e. The Hall–Kier alpha value is -1.50. The third-order valence-electron chi connectivity index (χ3n) is 4.46. The van der Waals surface area contributed by atoms with Crippen molar-refractivity contribution in [2.75, 3.05) is 60.5 Å². The van der Waals surface area contributed by atoms with Crippen molar-refractivity contribution in [2.24, 2.45) is 0 Å². The summed E-state index contributed by atoms with van der Waals surface area (Å²) < 4.78 is 19.2. The van der Waals surface area contributed by atoms with Gasteiger partial charge in [0.25, 0.3) is 0 Å². The fourth-order valence-corrected chi connectivity index (χ4v) is 3.13. The number of hydrogen-bond donors (Lipinski definition) is 0. The molecule has 24 heavy (non-hydrogen) atoms. The first-order valence-electron chi connectivity index (χ1n) is 8.45. The topological polar surface area (TPSA) is 36.0 Å². The molecular formula is C18H28FN3O2.